The van der Waals surface area contributed by atoms with Gasteiger partial charge in [0.25, 0.3) is 15.9 Å². The fourth-order valence-electron chi connectivity index (χ4n) is 5.74. The van der Waals surface area contributed by atoms with E-state index < -0.39 is 33.5 Å². The smallest absolute Gasteiger partial charge is 0.323 e. The van der Waals surface area contributed by atoms with Crippen molar-refractivity contribution in [2.24, 2.45) is 0 Å². The highest BCUT2D eigenvalue weighted by atomic mass is 35.5. The Morgan fingerprint density at radius 3 is 2.49 bits per heavy atom. The van der Waals surface area contributed by atoms with E-state index in [9.17, 15) is 13.2 Å². The van der Waals surface area contributed by atoms with Crippen molar-refractivity contribution in [3.8, 4) is 17.4 Å². The number of halogens is 1. The summed E-state index contributed by atoms with van der Waals surface area (Å²) in [5.74, 6) is -0.969. The number of anilines is 1. The third-order valence-corrected chi connectivity index (χ3v) is 9.43. The average Bonchev–Trinajstić information content (AvgIpc) is 3.57. The van der Waals surface area contributed by atoms with Gasteiger partial charge in [-0.3, -0.25) is 14.5 Å². The highest BCUT2D eigenvalue weighted by Crippen LogP contribution is 2.55. The SMILES string of the molecule is COC(=O)[C@@H]1CCCN1C1(c2cccnc2OC)C(=O)N(S(=O)(=O)c2ccc(OC)cc2OC)c2ccc(Cl)cc21. The van der Waals surface area contributed by atoms with Crippen LogP contribution in [-0.2, 0) is 29.9 Å². The van der Waals surface area contributed by atoms with Crippen LogP contribution in [0, 0.1) is 0 Å². The second kappa shape index (κ2) is 10.8. The number of rotatable bonds is 8. The van der Waals surface area contributed by atoms with Crippen LogP contribution in [0.2, 0.25) is 5.02 Å². The summed E-state index contributed by atoms with van der Waals surface area (Å²) in [5, 5.41) is 0.263. The number of hydrogen-bond donors (Lipinski definition) is 0. The van der Waals surface area contributed by atoms with Crippen molar-refractivity contribution in [3.63, 3.8) is 0 Å². The molecule has 2 aliphatic heterocycles. The van der Waals surface area contributed by atoms with Crippen LogP contribution in [0.3, 0.4) is 0 Å². The number of methoxy groups -OCH3 is 4. The fourth-order valence-corrected chi connectivity index (χ4v) is 7.52. The number of ether oxygens (including phenoxy) is 4. The number of fused-ring (bicyclic) bond motifs is 1. The molecule has 2 aromatic carbocycles. The minimum absolute atomic E-state index is 0.0160. The second-order valence-electron chi connectivity index (χ2n) is 9.40. The quantitative estimate of drug-likeness (QED) is 0.355. The zero-order valence-electron chi connectivity index (χ0n) is 22.8. The van der Waals surface area contributed by atoms with Gasteiger partial charge in [-0.25, -0.2) is 17.7 Å². The first kappa shape index (κ1) is 28.7. The van der Waals surface area contributed by atoms with E-state index in [0.29, 0.717) is 18.6 Å². The van der Waals surface area contributed by atoms with E-state index in [0.717, 1.165) is 4.31 Å². The summed E-state index contributed by atoms with van der Waals surface area (Å²) in [7, 11) is 0.833. The van der Waals surface area contributed by atoms with Gasteiger partial charge in [-0.1, -0.05) is 11.6 Å². The van der Waals surface area contributed by atoms with E-state index in [1.54, 1.807) is 17.0 Å². The topological polar surface area (TPSA) is 125 Å². The van der Waals surface area contributed by atoms with Crippen molar-refractivity contribution in [2.45, 2.75) is 29.3 Å². The minimum atomic E-state index is -4.60. The molecule has 0 bridgehead atoms. The van der Waals surface area contributed by atoms with Gasteiger partial charge in [-0.15, -0.1) is 0 Å². The number of amides is 1. The van der Waals surface area contributed by atoms with Crippen LogP contribution in [0.5, 0.6) is 17.4 Å². The Hall–Kier alpha value is -3.87. The van der Waals surface area contributed by atoms with Crippen LogP contribution in [0.1, 0.15) is 24.0 Å². The number of hydrogen-bond acceptors (Lipinski definition) is 10. The van der Waals surface area contributed by atoms with Gasteiger partial charge in [0, 0.05) is 35.0 Å². The number of nitrogens with zero attached hydrogens (tertiary/aromatic N) is 3. The van der Waals surface area contributed by atoms with Gasteiger partial charge in [0.2, 0.25) is 5.88 Å². The van der Waals surface area contributed by atoms with Crippen LogP contribution in [0.25, 0.3) is 0 Å². The van der Waals surface area contributed by atoms with Crippen molar-refractivity contribution in [2.75, 3.05) is 39.3 Å². The summed E-state index contributed by atoms with van der Waals surface area (Å²) in [4.78, 5) is 33.8. The lowest BCUT2D eigenvalue weighted by Crippen LogP contribution is -2.58. The summed E-state index contributed by atoms with van der Waals surface area (Å²) < 4.78 is 50.9. The maximum atomic E-state index is 15.0. The molecule has 1 fully saturated rings. The zero-order chi connectivity index (χ0) is 29.5. The lowest BCUT2D eigenvalue weighted by atomic mass is 9.81. The molecule has 1 amide bonds. The summed E-state index contributed by atoms with van der Waals surface area (Å²) in [5.41, 5.74) is -1.28. The minimum Gasteiger partial charge on any atom is -0.497 e. The summed E-state index contributed by atoms with van der Waals surface area (Å²) in [6.45, 7) is 0.273. The molecular weight excluding hydrogens is 574 g/mol. The molecule has 41 heavy (non-hydrogen) atoms. The van der Waals surface area contributed by atoms with Gasteiger partial charge in [0.05, 0.1) is 34.1 Å². The fraction of sp³-hybridized carbons (Fsp3) is 0.321. The number of carbonyl (C=O) groups excluding carboxylic acids is 2. The number of esters is 1. The molecule has 3 aromatic rings. The number of sulfonamides is 1. The van der Waals surface area contributed by atoms with E-state index in [1.807, 2.05) is 0 Å². The first-order valence-electron chi connectivity index (χ1n) is 12.6. The highest BCUT2D eigenvalue weighted by molar-refractivity contribution is 7.93. The zero-order valence-corrected chi connectivity index (χ0v) is 24.4. The predicted molar refractivity (Wildman–Crippen MR) is 149 cm³/mol. The van der Waals surface area contributed by atoms with Gasteiger partial charge in [0.15, 0.2) is 5.54 Å². The lowest BCUT2D eigenvalue weighted by Gasteiger charge is -2.40. The molecule has 2 aliphatic rings. The largest absolute Gasteiger partial charge is 0.497 e. The Bertz CT molecular complexity index is 1630. The van der Waals surface area contributed by atoms with E-state index in [-0.39, 0.29) is 44.9 Å². The highest BCUT2D eigenvalue weighted by Gasteiger charge is 2.63. The predicted octanol–water partition coefficient (Wildman–Crippen LogP) is 3.38. The normalized spacial score (nSPS) is 20.6. The maximum Gasteiger partial charge on any atom is 0.323 e. The molecule has 5 rings (SSSR count). The van der Waals surface area contributed by atoms with E-state index in [4.69, 9.17) is 30.5 Å². The van der Waals surface area contributed by atoms with Gasteiger partial charge >= 0.3 is 5.97 Å². The van der Waals surface area contributed by atoms with Gasteiger partial charge in [0.1, 0.15) is 22.4 Å². The Balaban J connectivity index is 1.85. The van der Waals surface area contributed by atoms with Crippen LogP contribution >= 0.6 is 11.6 Å². The van der Waals surface area contributed by atoms with Crippen molar-refractivity contribution >= 4 is 39.2 Å². The second-order valence-corrected chi connectivity index (χ2v) is 11.6. The molecule has 1 aromatic heterocycles. The maximum absolute atomic E-state index is 15.0. The van der Waals surface area contributed by atoms with Crippen molar-refractivity contribution < 1.29 is 37.0 Å². The molecule has 216 valence electrons. The molecular formula is C28H28ClN3O8S. The van der Waals surface area contributed by atoms with Gasteiger partial charge < -0.3 is 18.9 Å². The van der Waals surface area contributed by atoms with Crippen molar-refractivity contribution in [1.82, 2.24) is 9.88 Å². The molecule has 13 heteroatoms. The molecule has 1 unspecified atom stereocenters. The van der Waals surface area contributed by atoms with Crippen LogP contribution in [-0.4, -0.2) is 71.2 Å². The molecule has 2 atom stereocenters. The van der Waals surface area contributed by atoms with Gasteiger partial charge in [-0.2, -0.15) is 0 Å². The third kappa shape index (κ3) is 4.28. The lowest BCUT2D eigenvalue weighted by molar-refractivity contribution is -0.149. The molecule has 0 aliphatic carbocycles. The van der Waals surface area contributed by atoms with E-state index >= 15 is 4.79 Å². The average molecular weight is 602 g/mol. The summed E-state index contributed by atoms with van der Waals surface area (Å²) >= 11 is 6.48. The Kier molecular flexibility index (Phi) is 7.58. The molecule has 11 nitrogen and oxygen atoms in total. The van der Waals surface area contributed by atoms with E-state index in [2.05, 4.69) is 4.98 Å². The van der Waals surface area contributed by atoms with Gasteiger partial charge in [-0.05, 0) is 55.3 Å². The summed E-state index contributed by atoms with van der Waals surface area (Å²) in [6, 6.07) is 11.1. The number of likely N-dealkylation sites (tertiary alicyclic amines) is 1. The number of benzene rings is 2. The van der Waals surface area contributed by atoms with Crippen LogP contribution in [0.15, 0.2) is 59.6 Å². The molecule has 0 N–H and O–H groups in total. The monoisotopic (exact) mass is 601 g/mol. The Morgan fingerprint density at radius 2 is 1.80 bits per heavy atom. The Labute approximate surface area is 242 Å². The van der Waals surface area contributed by atoms with Crippen LogP contribution < -0.4 is 18.5 Å². The first-order valence-corrected chi connectivity index (χ1v) is 14.4. The third-order valence-electron chi connectivity index (χ3n) is 7.46. The number of pyridine rings is 1. The Morgan fingerprint density at radius 1 is 1.02 bits per heavy atom. The number of aromatic nitrogens is 1. The van der Waals surface area contributed by atoms with Crippen molar-refractivity contribution in [1.29, 1.82) is 0 Å². The molecule has 0 saturated carbocycles. The van der Waals surface area contributed by atoms with Crippen LogP contribution in [0.4, 0.5) is 5.69 Å². The molecule has 3 heterocycles. The first-order chi connectivity index (χ1) is 19.7. The van der Waals surface area contributed by atoms with Crippen molar-refractivity contribution in [3.05, 3.63) is 70.9 Å². The molecule has 0 spiro atoms. The number of carbonyl (C=O) groups is 2. The van der Waals surface area contributed by atoms with E-state index in [1.165, 1.54) is 71.0 Å². The summed E-state index contributed by atoms with van der Waals surface area (Å²) in [6.07, 6.45) is 2.43. The standard InChI is InChI=1S/C28H28ClN3O8S/c1-37-18-10-12-24(23(16-18)38-2)41(35,36)32-21-11-9-17(29)15-20(21)28(27(32)34,19-7-5-13-30-25(19)39-3)31-14-6-8-22(31)26(33)40-4/h5,7,9-13,15-16,22H,6,8,14H2,1-4H3/t22-,28?/m0/s1. The molecule has 0 radical (unpaired) electrons. The molecule has 1 saturated heterocycles.